The lowest BCUT2D eigenvalue weighted by molar-refractivity contribution is 0.413. The van der Waals surface area contributed by atoms with Crippen molar-refractivity contribution in [2.24, 2.45) is 0 Å². The molecule has 10 aliphatic rings. The quantitative estimate of drug-likeness (QED) is 0.127. The number of hydrogen-bond acceptors (Lipinski definition) is 8. The van der Waals surface area contributed by atoms with Crippen molar-refractivity contribution in [1.82, 2.24) is 0 Å². The van der Waals surface area contributed by atoms with E-state index >= 15 is 0 Å². The van der Waals surface area contributed by atoms with Crippen LogP contribution >= 0.6 is 22.6 Å². The first-order valence-corrected chi connectivity index (χ1v) is 49.5. The molecule has 0 bridgehead atoms. The maximum atomic E-state index is 6.44. The van der Waals surface area contributed by atoms with Crippen molar-refractivity contribution >= 4 is 138 Å². The van der Waals surface area contributed by atoms with E-state index in [1.165, 1.54) is 197 Å². The summed E-state index contributed by atoms with van der Waals surface area (Å²) >= 11 is 2.43. The molecule has 0 N–H and O–H groups in total. The van der Waals surface area contributed by atoms with E-state index in [2.05, 4.69) is 398 Å². The molecule has 14 heteroatoms. The number of rotatable bonds is 4. The van der Waals surface area contributed by atoms with Crippen LogP contribution in [0.25, 0.3) is 0 Å². The lowest BCUT2D eigenvalue weighted by Crippen LogP contribution is -2.62. The largest absolute Gasteiger partial charge is 0.497 e. The van der Waals surface area contributed by atoms with Crippen LogP contribution in [0.15, 0.2) is 279 Å². The smallest absolute Gasteiger partial charge is 0.251 e. The molecule has 16 aromatic rings. The van der Waals surface area contributed by atoms with Crippen LogP contribution in [-0.2, 0) is 27.1 Å². The summed E-state index contributed by atoms with van der Waals surface area (Å²) in [7, 11) is 3.45. The van der Waals surface area contributed by atoms with Crippen LogP contribution < -0.4 is 120 Å². The monoisotopic (exact) mass is 1900 g/mol. The molecule has 0 aliphatic carbocycles. The minimum atomic E-state index is -0.128. The highest BCUT2D eigenvalue weighted by molar-refractivity contribution is 14.1. The highest BCUT2D eigenvalue weighted by Gasteiger charge is 2.53. The fraction of sp³-hybridized carbons (Fsp3) is 0.220. The van der Waals surface area contributed by atoms with Crippen molar-refractivity contribution in [3.05, 3.63) is 394 Å². The van der Waals surface area contributed by atoms with Gasteiger partial charge < -0.3 is 37.9 Å². The van der Waals surface area contributed by atoms with Crippen molar-refractivity contribution in [2.45, 2.75) is 166 Å². The Labute approximate surface area is 823 Å². The zero-order valence-electron chi connectivity index (χ0n) is 82.6. The third-order valence-corrected chi connectivity index (χ3v) is 32.2. The SMILES string of the molecule is COc1ccc2c(c1)B1c3cc(C)ccc3Oc3ccc(C)c(c31)C2(C)C.COc1ccc2c(c1)B1c3ccccc3C(C)(C)c3c(C)ccc(c31)O2.Cc1ccc2c(c1)B1c3cc(I)ccc3C(C)(C)c3c(C)ccc(c31)O2.Cc1ccc2c(c1)B1c3cc(Oc4ccccc4)ccc3C(C)(C)c3c(C)ccc(c31)O2.Cc1ccc2c(c1)B1c3ccc(C)cc3C(C)(C)c3c(C)ccc(c31)O2. The molecule has 26 rings (SSSR count). The Morgan fingerprint density at radius 2 is 0.474 bits per heavy atom. The minimum absolute atomic E-state index is 0.0298. The molecule has 0 amide bonds. The van der Waals surface area contributed by atoms with Gasteiger partial charge in [-0.1, -0.05) is 288 Å². The standard InChI is InChI=1S/C29H25BO2.C24H23BO2.C24H23BO.C23H20BIO.C23H21BO2/c1-18-10-14-25-24(16-18)30-23-17-21(31-20-8-6-5-7-9-20)12-13-22(23)29(3,4)27-19(2)11-15-26(32-25)28(27)30;1-14-6-10-20-19(12-14)25-18-13-16(26-5)8-9-17(18)24(3,4)22-15(2)7-11-21(27-20)23(22)25;1-14-6-9-18-17(12-14)24(4,5)22-16(3)8-11-21-23(22)25(18)19-13-15(2)7-10-20(19)26-21;1-13-5-9-19-18(11-13)24-17-12-15(25)7-8-16(17)23(3,4)21-14(2)6-10-20(26-19)22(21)24;1-14-9-11-20-22-21(14)23(2,3)16-7-5-6-8-17(16)24(22)18-13-15(25-4)10-12-19(18)26-20/h5-17H,1-4H3;6-13H,1-5H3;6-13H,1-5H3;5-12H,1-4H3;5-13H,1-4H3. The molecule has 0 aromatic heterocycles. The molecule has 8 nitrogen and oxygen atoms in total. The van der Waals surface area contributed by atoms with Crippen molar-refractivity contribution in [3.8, 4) is 80.5 Å². The summed E-state index contributed by atoms with van der Waals surface area (Å²) < 4.78 is 50.5. The third-order valence-electron chi connectivity index (χ3n) is 31.5. The predicted molar refractivity (Wildman–Crippen MR) is 581 cm³/mol. The number of ether oxygens (including phenoxy) is 8. The molecule has 0 unspecified atom stereocenters. The summed E-state index contributed by atoms with van der Waals surface area (Å²) in [5, 5.41) is 0. The van der Waals surface area contributed by atoms with Crippen LogP contribution in [-0.4, -0.2) is 47.8 Å². The van der Waals surface area contributed by atoms with Gasteiger partial charge in [-0.15, -0.1) is 0 Å². The number of benzene rings is 16. The van der Waals surface area contributed by atoms with Gasteiger partial charge in [-0.2, -0.15) is 0 Å². The van der Waals surface area contributed by atoms with Crippen molar-refractivity contribution < 1.29 is 37.9 Å². The molecule has 10 aliphatic heterocycles. The predicted octanol–water partition coefficient (Wildman–Crippen LogP) is 20.2. The summed E-state index contributed by atoms with van der Waals surface area (Å²) in [6.45, 7) is 46.3. The maximum absolute atomic E-state index is 6.44. The minimum Gasteiger partial charge on any atom is -0.497 e. The Kier molecular flexibility index (Phi) is 21.4. The normalized spacial score (nSPS) is 15.3. The second-order valence-corrected chi connectivity index (χ2v) is 43.5. The molecule has 0 radical (unpaired) electrons. The van der Waals surface area contributed by atoms with Crippen molar-refractivity contribution in [2.75, 3.05) is 14.2 Å². The molecule has 137 heavy (non-hydrogen) atoms. The summed E-state index contributed by atoms with van der Waals surface area (Å²) in [4.78, 5) is 0. The molecule has 0 saturated carbocycles. The number of fused-ring (bicyclic) bond motifs is 20. The Morgan fingerprint density at radius 1 is 0.212 bits per heavy atom. The molecule has 10 heterocycles. The zero-order chi connectivity index (χ0) is 95.4. The second-order valence-electron chi connectivity index (χ2n) is 42.2. The Hall–Kier alpha value is -13.0. The first kappa shape index (κ1) is 89.2. The number of halogens is 1. The molecule has 0 saturated heterocycles. The average molecular weight is 1900 g/mol. The second kappa shape index (κ2) is 32.9. The van der Waals surface area contributed by atoms with E-state index in [0.29, 0.717) is 0 Å². The molecule has 0 spiro atoms. The van der Waals surface area contributed by atoms with Gasteiger partial charge in [0.05, 0.1) is 14.2 Å². The van der Waals surface area contributed by atoms with Gasteiger partial charge in [0.25, 0.3) is 33.6 Å². The molecular weight excluding hydrogens is 1790 g/mol. The van der Waals surface area contributed by atoms with Crippen molar-refractivity contribution in [1.29, 1.82) is 0 Å². The number of para-hydroxylation sites is 1. The van der Waals surface area contributed by atoms with Gasteiger partial charge in [0.15, 0.2) is 0 Å². The first-order valence-electron chi connectivity index (χ1n) is 48.4. The Balaban J connectivity index is 0.0000000993. The maximum Gasteiger partial charge on any atom is 0.251 e. The van der Waals surface area contributed by atoms with E-state index in [1.54, 1.807) is 14.2 Å². The van der Waals surface area contributed by atoms with E-state index in [4.69, 9.17) is 37.9 Å². The van der Waals surface area contributed by atoms with E-state index in [0.717, 1.165) is 80.5 Å². The molecule has 0 atom stereocenters. The fourth-order valence-electron chi connectivity index (χ4n) is 25.8. The van der Waals surface area contributed by atoms with Crippen LogP contribution in [0.5, 0.6) is 80.5 Å². The van der Waals surface area contributed by atoms with Crippen LogP contribution in [0.2, 0.25) is 0 Å². The summed E-state index contributed by atoms with van der Waals surface area (Å²) in [5.41, 5.74) is 46.5. The average Bonchev–Trinajstić information content (AvgIpc) is 0.719. The van der Waals surface area contributed by atoms with Crippen LogP contribution in [0, 0.1) is 72.8 Å². The molecule has 0 fully saturated rings. The van der Waals surface area contributed by atoms with Gasteiger partial charge in [0, 0.05) is 30.6 Å². The van der Waals surface area contributed by atoms with Crippen LogP contribution in [0.4, 0.5) is 0 Å². The van der Waals surface area contributed by atoms with Gasteiger partial charge >= 0.3 is 0 Å². The lowest BCUT2D eigenvalue weighted by atomic mass is 9.30. The number of hydrogen-bond donors (Lipinski definition) is 0. The van der Waals surface area contributed by atoms with Crippen molar-refractivity contribution in [3.63, 3.8) is 0 Å². The highest BCUT2D eigenvalue weighted by atomic mass is 127. The highest BCUT2D eigenvalue weighted by Crippen LogP contribution is 2.48. The zero-order valence-corrected chi connectivity index (χ0v) is 84.7. The van der Waals surface area contributed by atoms with Gasteiger partial charge in [-0.3, -0.25) is 0 Å². The molecule has 674 valence electrons. The third kappa shape index (κ3) is 14.2. The van der Waals surface area contributed by atoms with E-state index in [9.17, 15) is 0 Å². The summed E-state index contributed by atoms with van der Waals surface area (Å²) in [5.74, 6) is 13.3. The van der Waals surface area contributed by atoms with Gasteiger partial charge in [-0.25, -0.2) is 0 Å². The Bertz CT molecular complexity index is 7790. The first-order chi connectivity index (χ1) is 65.6. The van der Waals surface area contributed by atoms with E-state index in [-0.39, 0.29) is 60.6 Å². The lowest BCUT2D eigenvalue weighted by Gasteiger charge is -2.42. The summed E-state index contributed by atoms with van der Waals surface area (Å²) in [6.07, 6.45) is 0. The molecular formula is C123H112B5IO8. The summed E-state index contributed by atoms with van der Waals surface area (Å²) in [6, 6.07) is 99.9. The number of aryl methyl sites for hydroxylation is 10. The van der Waals surface area contributed by atoms with Gasteiger partial charge in [0.1, 0.15) is 80.5 Å². The van der Waals surface area contributed by atoms with E-state index < -0.39 is 0 Å². The Morgan fingerprint density at radius 3 is 0.854 bits per heavy atom. The molecule has 16 aromatic carbocycles. The van der Waals surface area contributed by atoms with Gasteiger partial charge in [0.2, 0.25) is 0 Å². The number of methoxy groups -OCH3 is 2. The van der Waals surface area contributed by atoms with E-state index in [1.807, 2.05) is 42.5 Å². The fourth-order valence-corrected chi connectivity index (χ4v) is 26.3. The van der Waals surface area contributed by atoms with Crippen LogP contribution in [0.3, 0.4) is 0 Å². The topological polar surface area (TPSA) is 73.8 Å². The van der Waals surface area contributed by atoms with Gasteiger partial charge in [-0.05, 0) is 345 Å². The van der Waals surface area contributed by atoms with Crippen LogP contribution in [0.1, 0.15) is 181 Å².